The second-order valence-corrected chi connectivity index (χ2v) is 10.9. The van der Waals surface area contributed by atoms with Crippen molar-refractivity contribution in [3.63, 3.8) is 0 Å². The summed E-state index contributed by atoms with van der Waals surface area (Å²) in [6.45, 7) is 1.61. The van der Waals surface area contributed by atoms with Gasteiger partial charge in [-0.25, -0.2) is 9.97 Å². The van der Waals surface area contributed by atoms with Gasteiger partial charge in [-0.05, 0) is 17.6 Å². The van der Waals surface area contributed by atoms with Gasteiger partial charge in [-0.1, -0.05) is 32.1 Å². The van der Waals surface area contributed by atoms with E-state index in [9.17, 15) is 9.90 Å². The van der Waals surface area contributed by atoms with Crippen molar-refractivity contribution in [1.82, 2.24) is 49.3 Å². The molecule has 16 nitrogen and oxygen atoms in total. The Morgan fingerprint density at radius 3 is 2.71 bits per heavy atom. The van der Waals surface area contributed by atoms with Crippen LogP contribution < -0.4 is 10.6 Å². The first-order valence-electron chi connectivity index (χ1n) is 14.4. The Balaban J connectivity index is 1.28. The highest BCUT2D eigenvalue weighted by atomic mass is 16.6. The molecule has 1 saturated carbocycles. The molecule has 3 N–H and O–H groups in total. The third-order valence-corrected chi connectivity index (χ3v) is 7.89. The number of nitrogens with zero attached hydrogens (tertiary/aromatic N) is 10. The van der Waals surface area contributed by atoms with Gasteiger partial charge in [0.25, 0.3) is 6.47 Å². The Morgan fingerprint density at radius 2 is 1.98 bits per heavy atom. The van der Waals surface area contributed by atoms with E-state index in [1.807, 2.05) is 17.8 Å². The Hall–Kier alpha value is -4.18. The lowest BCUT2D eigenvalue weighted by Crippen LogP contribution is -2.32. The summed E-state index contributed by atoms with van der Waals surface area (Å²) in [5, 5.41) is 29.8. The zero-order valence-electron chi connectivity index (χ0n) is 23.7. The molecule has 0 bridgehead atoms. The van der Waals surface area contributed by atoms with E-state index in [4.69, 9.17) is 19.4 Å². The maximum atomic E-state index is 11.4. The molecule has 0 spiro atoms. The number of rotatable bonds is 12. The van der Waals surface area contributed by atoms with E-state index < -0.39 is 24.5 Å². The van der Waals surface area contributed by atoms with E-state index in [0.717, 1.165) is 18.7 Å². The average Bonchev–Trinajstić information content (AvgIpc) is 3.77. The van der Waals surface area contributed by atoms with E-state index in [1.54, 1.807) is 24.3 Å². The highest BCUT2D eigenvalue weighted by Crippen LogP contribution is 2.40. The van der Waals surface area contributed by atoms with Crippen LogP contribution in [-0.4, -0.2) is 86.2 Å². The van der Waals surface area contributed by atoms with Gasteiger partial charge in [-0.2, -0.15) is 14.8 Å². The number of ether oxygens (including phenoxy) is 2. The number of aryl methyl sites for hydroxylation is 2. The van der Waals surface area contributed by atoms with Crippen molar-refractivity contribution in [3.05, 3.63) is 30.4 Å². The third-order valence-electron chi connectivity index (χ3n) is 7.89. The number of aliphatic hydroxyl groups is 1. The number of aromatic nitrogens is 10. The molecule has 0 amide bonds. The van der Waals surface area contributed by atoms with E-state index in [0.29, 0.717) is 41.8 Å². The van der Waals surface area contributed by atoms with Crippen LogP contribution in [0.5, 0.6) is 0 Å². The van der Waals surface area contributed by atoms with Gasteiger partial charge in [0.2, 0.25) is 11.8 Å². The zero-order chi connectivity index (χ0) is 29.1. The number of imidazole rings is 2. The van der Waals surface area contributed by atoms with Gasteiger partial charge in [-0.3, -0.25) is 9.36 Å². The topological polar surface area (TPSA) is 185 Å². The Labute approximate surface area is 241 Å². The van der Waals surface area contributed by atoms with Gasteiger partial charge >= 0.3 is 0 Å². The van der Waals surface area contributed by atoms with Crippen molar-refractivity contribution in [2.45, 2.75) is 69.5 Å². The van der Waals surface area contributed by atoms with Crippen LogP contribution in [0.15, 0.2) is 18.9 Å². The summed E-state index contributed by atoms with van der Waals surface area (Å²) < 4.78 is 15.0. The molecule has 1 aliphatic carbocycles. The lowest BCUT2D eigenvalue weighted by Gasteiger charge is -2.21. The standard InChI is InChI=1S/C26H36N12O4/c1-36-12-17(29-13-36)9-11-28-26-31-22(27-10-8-16-6-4-3-5-7-16)18-24(32-26)38(14-30-18)25-21(41-15-39)19(40)20(42-25)23-33-35-37(2)34-23/h12-16,19-21,25,40H,3-11H2,1-2H3,(H2,27,28,31,32)/t19-,20+,21-,25-/m1/s1. The first-order chi connectivity index (χ1) is 20.5. The highest BCUT2D eigenvalue weighted by molar-refractivity contribution is 5.84. The van der Waals surface area contributed by atoms with Crippen LogP contribution >= 0.6 is 0 Å². The maximum Gasteiger partial charge on any atom is 0.293 e. The van der Waals surface area contributed by atoms with Crippen molar-refractivity contribution in [2.24, 2.45) is 20.0 Å². The van der Waals surface area contributed by atoms with E-state index in [2.05, 4.69) is 36.0 Å². The molecule has 0 radical (unpaired) electrons. The molecular weight excluding hydrogens is 544 g/mol. The van der Waals surface area contributed by atoms with Crippen molar-refractivity contribution < 1.29 is 19.4 Å². The van der Waals surface area contributed by atoms with Crippen LogP contribution in [0.4, 0.5) is 11.8 Å². The molecule has 0 unspecified atom stereocenters. The number of tetrazole rings is 1. The molecule has 6 rings (SSSR count). The van der Waals surface area contributed by atoms with Crippen molar-refractivity contribution in [3.8, 4) is 0 Å². The first kappa shape index (κ1) is 28.0. The largest absolute Gasteiger partial charge is 0.457 e. The van der Waals surface area contributed by atoms with Crippen LogP contribution in [0.2, 0.25) is 0 Å². The number of carbonyl (C=O) groups is 1. The first-order valence-corrected chi connectivity index (χ1v) is 14.4. The van der Waals surface area contributed by atoms with Crippen molar-refractivity contribution in [1.29, 1.82) is 0 Å². The molecule has 1 saturated heterocycles. The van der Waals surface area contributed by atoms with Gasteiger partial charge < -0.3 is 29.8 Å². The van der Waals surface area contributed by atoms with E-state index >= 15 is 0 Å². The van der Waals surface area contributed by atoms with E-state index in [-0.39, 0.29) is 12.3 Å². The average molecular weight is 581 g/mol. The number of carbonyl (C=O) groups excluding carboxylic acids is 1. The second-order valence-electron chi connectivity index (χ2n) is 10.9. The normalized spacial score (nSPS) is 22.9. The number of anilines is 2. The number of nitrogens with one attached hydrogen (secondary N) is 2. The molecule has 16 heteroatoms. The van der Waals surface area contributed by atoms with Gasteiger partial charge in [0, 0.05) is 32.8 Å². The van der Waals surface area contributed by atoms with Gasteiger partial charge in [0.1, 0.15) is 6.10 Å². The van der Waals surface area contributed by atoms with Crippen LogP contribution in [0, 0.1) is 5.92 Å². The summed E-state index contributed by atoms with van der Waals surface area (Å²) in [6, 6.07) is 0. The highest BCUT2D eigenvalue weighted by Gasteiger charge is 2.49. The fourth-order valence-electron chi connectivity index (χ4n) is 5.79. The van der Waals surface area contributed by atoms with Crippen LogP contribution in [0.3, 0.4) is 0 Å². The summed E-state index contributed by atoms with van der Waals surface area (Å²) in [5.74, 6) is 1.87. The minimum Gasteiger partial charge on any atom is -0.457 e. The molecule has 5 heterocycles. The second kappa shape index (κ2) is 12.4. The van der Waals surface area contributed by atoms with Crippen LogP contribution in [0.1, 0.15) is 62.4 Å². The monoisotopic (exact) mass is 580 g/mol. The maximum absolute atomic E-state index is 11.4. The third kappa shape index (κ3) is 5.90. The summed E-state index contributed by atoms with van der Waals surface area (Å²) in [5.41, 5.74) is 1.95. The smallest absolute Gasteiger partial charge is 0.293 e. The van der Waals surface area contributed by atoms with Crippen molar-refractivity contribution in [2.75, 3.05) is 23.7 Å². The van der Waals surface area contributed by atoms with Gasteiger partial charge in [-0.15, -0.1) is 10.2 Å². The lowest BCUT2D eigenvalue weighted by molar-refractivity contribution is -0.142. The van der Waals surface area contributed by atoms with Gasteiger partial charge in [0.05, 0.1) is 25.4 Å². The van der Waals surface area contributed by atoms with Crippen LogP contribution in [-0.2, 0) is 34.8 Å². The summed E-state index contributed by atoms with van der Waals surface area (Å²) in [6.07, 6.45) is 9.22. The molecule has 4 aromatic heterocycles. The quantitative estimate of drug-likeness (QED) is 0.204. The number of aliphatic hydroxyl groups excluding tert-OH is 1. The Morgan fingerprint density at radius 1 is 1.12 bits per heavy atom. The lowest BCUT2D eigenvalue weighted by atomic mass is 9.87. The molecule has 4 atom stereocenters. The predicted octanol–water partition coefficient (Wildman–Crippen LogP) is 1.29. The summed E-state index contributed by atoms with van der Waals surface area (Å²) in [4.78, 5) is 31.2. The van der Waals surface area contributed by atoms with Gasteiger partial charge in [0.15, 0.2) is 35.4 Å². The molecule has 42 heavy (non-hydrogen) atoms. The predicted molar refractivity (Wildman–Crippen MR) is 149 cm³/mol. The zero-order valence-corrected chi connectivity index (χ0v) is 23.7. The molecule has 4 aromatic rings. The molecule has 224 valence electrons. The minimum absolute atomic E-state index is 0.174. The fourth-order valence-corrected chi connectivity index (χ4v) is 5.79. The minimum atomic E-state index is -1.24. The summed E-state index contributed by atoms with van der Waals surface area (Å²) in [7, 11) is 3.54. The number of hydrogen-bond acceptors (Lipinski definition) is 13. The molecule has 0 aromatic carbocycles. The molecule has 2 aliphatic rings. The Bertz CT molecular complexity index is 1500. The number of hydrogen-bond donors (Lipinski definition) is 3. The van der Waals surface area contributed by atoms with Crippen LogP contribution in [0.25, 0.3) is 11.2 Å². The molecular formula is C26H36N12O4. The Kier molecular flexibility index (Phi) is 8.23. The molecule has 2 fully saturated rings. The molecule has 1 aliphatic heterocycles. The SMILES string of the molecule is Cn1cnc(CCNc2nc(NCCC3CCCCC3)c3ncn([C@@H]4O[C@H](c5nnn(C)n5)[C@@H](O)[C@H]4OC=O)c3n2)c1. The fraction of sp³-hybridized carbons (Fsp3) is 0.615. The number of fused-ring (bicyclic) bond motifs is 1. The van der Waals surface area contributed by atoms with E-state index in [1.165, 1.54) is 36.9 Å². The van der Waals surface area contributed by atoms with Crippen molar-refractivity contribution >= 4 is 29.4 Å². The summed E-state index contributed by atoms with van der Waals surface area (Å²) >= 11 is 0.